The number of nitrogen functional groups attached to an aromatic ring is 1. The van der Waals surface area contributed by atoms with Crippen LogP contribution in [0.2, 0.25) is 0 Å². The predicted octanol–water partition coefficient (Wildman–Crippen LogP) is 3.10. The van der Waals surface area contributed by atoms with Crippen molar-refractivity contribution >= 4 is 44.2 Å². The smallest absolute Gasteiger partial charge is 0.265 e. The van der Waals surface area contributed by atoms with Gasteiger partial charge >= 0.3 is 0 Å². The van der Waals surface area contributed by atoms with Crippen molar-refractivity contribution in [2.45, 2.75) is 11.8 Å². The molecule has 0 bridgehead atoms. The Morgan fingerprint density at radius 3 is 2.69 bits per heavy atom. The van der Waals surface area contributed by atoms with E-state index in [2.05, 4.69) is 20.9 Å². The van der Waals surface area contributed by atoms with Crippen LogP contribution in [0.25, 0.3) is 0 Å². The van der Waals surface area contributed by atoms with E-state index in [1.807, 2.05) is 22.6 Å². The van der Waals surface area contributed by atoms with E-state index in [-0.39, 0.29) is 5.56 Å². The van der Waals surface area contributed by atoms with E-state index in [4.69, 9.17) is 5.73 Å². The van der Waals surface area contributed by atoms with E-state index >= 15 is 0 Å². The number of hydrogen-bond acceptors (Lipinski definition) is 2. The molecular formula is C7H6BrF2IN2. The molecule has 6 heteroatoms. The zero-order chi connectivity index (χ0) is 10.0. The van der Waals surface area contributed by atoms with Crippen LogP contribution in [0.3, 0.4) is 0 Å². The molecule has 0 saturated carbocycles. The van der Waals surface area contributed by atoms with Gasteiger partial charge in [0.1, 0.15) is 3.70 Å². The molecule has 0 aromatic carbocycles. The number of nitrogens with two attached hydrogens (primary N) is 1. The highest BCUT2D eigenvalue weighted by atomic mass is 127. The molecule has 1 rings (SSSR count). The number of halogens is 4. The van der Waals surface area contributed by atoms with Gasteiger partial charge in [0.05, 0.1) is 11.4 Å². The topological polar surface area (TPSA) is 38.9 Å². The lowest BCUT2D eigenvalue weighted by Gasteiger charge is -2.07. The van der Waals surface area contributed by atoms with Crippen molar-refractivity contribution in [2.24, 2.45) is 0 Å². The highest BCUT2D eigenvalue weighted by Crippen LogP contribution is 2.27. The quantitative estimate of drug-likeness (QED) is 0.499. The molecule has 0 saturated heterocycles. The van der Waals surface area contributed by atoms with Gasteiger partial charge in [0.15, 0.2) is 0 Å². The molecule has 2 N–H and O–H groups in total. The van der Waals surface area contributed by atoms with Gasteiger partial charge in [-0.25, -0.2) is 13.8 Å². The van der Waals surface area contributed by atoms with Crippen molar-refractivity contribution in [3.8, 4) is 0 Å². The Balaban J connectivity index is 3.25. The minimum Gasteiger partial charge on any atom is -0.397 e. The Morgan fingerprint density at radius 1 is 1.62 bits per heavy atom. The van der Waals surface area contributed by atoms with Gasteiger partial charge in [-0.05, 0) is 28.7 Å². The fourth-order valence-electron chi connectivity index (χ4n) is 0.854. The van der Waals surface area contributed by atoms with Gasteiger partial charge in [-0.15, -0.1) is 0 Å². The molecule has 1 aromatic heterocycles. The van der Waals surface area contributed by atoms with E-state index in [0.29, 0.717) is 20.4 Å². The fourth-order valence-corrected chi connectivity index (χ4v) is 1.75. The van der Waals surface area contributed by atoms with E-state index in [1.165, 1.54) is 6.07 Å². The standard InChI is InChI=1S/C7H6BrF2IN2/c8-2-5-3(6(9)10)1-4(12)7(11)13-5/h1,6H,2,12H2. The Bertz CT molecular complexity index is 320. The van der Waals surface area contributed by atoms with Crippen LogP contribution in [0.5, 0.6) is 0 Å². The van der Waals surface area contributed by atoms with Crippen LogP contribution in [0, 0.1) is 3.70 Å². The molecule has 2 nitrogen and oxygen atoms in total. The second kappa shape index (κ2) is 4.50. The lowest BCUT2D eigenvalue weighted by Crippen LogP contribution is -2.02. The first-order valence-corrected chi connectivity index (χ1v) is 5.55. The van der Waals surface area contributed by atoms with Gasteiger partial charge < -0.3 is 5.73 Å². The number of nitrogens with zero attached hydrogens (tertiary/aromatic N) is 1. The van der Waals surface area contributed by atoms with Gasteiger partial charge in [-0.3, -0.25) is 0 Å². The first-order valence-electron chi connectivity index (χ1n) is 3.35. The number of rotatable bonds is 2. The first-order chi connectivity index (χ1) is 6.06. The Kier molecular flexibility index (Phi) is 3.84. The molecule has 1 aromatic rings. The third kappa shape index (κ3) is 2.49. The summed E-state index contributed by atoms with van der Waals surface area (Å²) in [5.74, 6) is 0. The minimum atomic E-state index is -2.53. The van der Waals surface area contributed by atoms with Crippen LogP contribution in [-0.2, 0) is 5.33 Å². The monoisotopic (exact) mass is 362 g/mol. The van der Waals surface area contributed by atoms with Crippen LogP contribution >= 0.6 is 38.5 Å². The largest absolute Gasteiger partial charge is 0.397 e. The maximum Gasteiger partial charge on any atom is 0.265 e. The maximum absolute atomic E-state index is 12.4. The second-order valence-electron chi connectivity index (χ2n) is 2.34. The van der Waals surface area contributed by atoms with Crippen molar-refractivity contribution in [3.63, 3.8) is 0 Å². The van der Waals surface area contributed by atoms with Crippen molar-refractivity contribution in [1.29, 1.82) is 0 Å². The number of anilines is 1. The lowest BCUT2D eigenvalue weighted by molar-refractivity contribution is 0.150. The van der Waals surface area contributed by atoms with E-state index in [1.54, 1.807) is 0 Å². The van der Waals surface area contributed by atoms with Crippen LogP contribution in [0.4, 0.5) is 14.5 Å². The summed E-state index contributed by atoms with van der Waals surface area (Å²) < 4.78 is 25.4. The van der Waals surface area contributed by atoms with Gasteiger partial charge in [-0.1, -0.05) is 15.9 Å². The second-order valence-corrected chi connectivity index (χ2v) is 3.92. The summed E-state index contributed by atoms with van der Waals surface area (Å²) in [4.78, 5) is 3.95. The highest BCUT2D eigenvalue weighted by Gasteiger charge is 2.15. The number of aromatic nitrogens is 1. The molecule has 0 aliphatic rings. The molecule has 1 heterocycles. The summed E-state index contributed by atoms with van der Waals surface area (Å²) in [6.45, 7) is 0. The third-order valence-corrected chi connectivity index (χ3v) is 2.87. The van der Waals surface area contributed by atoms with Gasteiger partial charge in [-0.2, -0.15) is 0 Å². The Hall–Kier alpha value is 0.0200. The number of alkyl halides is 3. The van der Waals surface area contributed by atoms with Crippen molar-refractivity contribution in [2.75, 3.05) is 5.73 Å². The average Bonchev–Trinajstić information content (AvgIpc) is 2.08. The van der Waals surface area contributed by atoms with Crippen LogP contribution < -0.4 is 5.73 Å². The fraction of sp³-hybridized carbons (Fsp3) is 0.286. The maximum atomic E-state index is 12.4. The molecule has 13 heavy (non-hydrogen) atoms. The summed E-state index contributed by atoms with van der Waals surface area (Å²) in [7, 11) is 0. The molecule has 0 fully saturated rings. The lowest BCUT2D eigenvalue weighted by atomic mass is 10.2. The summed E-state index contributed by atoms with van der Waals surface area (Å²) in [6, 6.07) is 1.27. The molecule has 0 amide bonds. The van der Waals surface area contributed by atoms with Crippen LogP contribution in [-0.4, -0.2) is 4.98 Å². The Labute approximate surface area is 96.2 Å². The number of pyridine rings is 1. The summed E-state index contributed by atoms with van der Waals surface area (Å²) >= 11 is 5.01. The van der Waals surface area contributed by atoms with Crippen molar-refractivity contribution in [1.82, 2.24) is 4.98 Å². The molecule has 72 valence electrons. The summed E-state index contributed by atoms with van der Waals surface area (Å²) in [5.41, 5.74) is 5.99. The minimum absolute atomic E-state index is 0.102. The van der Waals surface area contributed by atoms with Gasteiger partial charge in [0.25, 0.3) is 6.43 Å². The SMILES string of the molecule is Nc1cc(C(F)F)c(CBr)nc1I. The summed E-state index contributed by atoms with van der Waals surface area (Å²) in [5, 5.41) is 0.308. The molecular weight excluding hydrogens is 357 g/mol. The highest BCUT2D eigenvalue weighted by molar-refractivity contribution is 14.1. The summed E-state index contributed by atoms with van der Waals surface area (Å²) in [6.07, 6.45) is -2.53. The predicted molar refractivity (Wildman–Crippen MR) is 59.0 cm³/mol. The van der Waals surface area contributed by atoms with Crippen LogP contribution in [0.1, 0.15) is 17.7 Å². The van der Waals surface area contributed by atoms with Crippen molar-refractivity contribution in [3.05, 3.63) is 21.0 Å². The zero-order valence-electron chi connectivity index (χ0n) is 6.40. The van der Waals surface area contributed by atoms with Crippen LogP contribution in [0.15, 0.2) is 6.07 Å². The number of hydrogen-bond donors (Lipinski definition) is 1. The molecule has 0 radical (unpaired) electrons. The first kappa shape index (κ1) is 11.1. The average molecular weight is 363 g/mol. The van der Waals surface area contributed by atoms with Gasteiger partial charge in [0.2, 0.25) is 0 Å². The molecule has 0 unspecified atom stereocenters. The third-order valence-electron chi connectivity index (χ3n) is 1.48. The van der Waals surface area contributed by atoms with Gasteiger partial charge in [0, 0.05) is 10.9 Å². The molecule has 0 aliphatic heterocycles. The van der Waals surface area contributed by atoms with Crippen molar-refractivity contribution < 1.29 is 8.78 Å². The normalized spacial score (nSPS) is 10.8. The Morgan fingerprint density at radius 2 is 2.23 bits per heavy atom. The molecule has 0 atom stereocenters. The van der Waals surface area contributed by atoms with E-state index in [0.717, 1.165) is 0 Å². The van der Waals surface area contributed by atoms with E-state index < -0.39 is 6.43 Å². The van der Waals surface area contributed by atoms with E-state index in [9.17, 15) is 8.78 Å². The molecule has 0 aliphatic carbocycles. The molecule has 0 spiro atoms. The zero-order valence-corrected chi connectivity index (χ0v) is 10.1.